The molecule has 10 heteroatoms. The van der Waals surface area contributed by atoms with Gasteiger partial charge in [-0.3, -0.25) is 4.98 Å². The molecular weight excluding hydrogens is 476 g/mol. The molecule has 0 aliphatic rings. The van der Waals surface area contributed by atoms with Crippen molar-refractivity contribution in [3.63, 3.8) is 0 Å². The van der Waals surface area contributed by atoms with Gasteiger partial charge in [-0.15, -0.1) is 24.8 Å². The normalized spacial score (nSPS) is 12.4. The van der Waals surface area contributed by atoms with Crippen molar-refractivity contribution < 1.29 is 17.9 Å². The number of halogens is 3. The Bertz CT molecular complexity index is 1200. The SMILES string of the molecule is CC(C)(O)c1c(Cc2ccc(S(C)(=O)=O)cc2)c2ncccc2n1C/C(F)=C/CN.Cl.Cl. The number of benzene rings is 1. The first-order chi connectivity index (χ1) is 14.0. The zero-order valence-corrected chi connectivity index (χ0v) is 20.5. The van der Waals surface area contributed by atoms with E-state index >= 15 is 0 Å². The van der Waals surface area contributed by atoms with Crippen molar-refractivity contribution in [2.24, 2.45) is 5.73 Å². The summed E-state index contributed by atoms with van der Waals surface area (Å²) >= 11 is 0. The minimum atomic E-state index is -3.29. The number of fused-ring (bicyclic) bond motifs is 1. The van der Waals surface area contributed by atoms with E-state index in [0.717, 1.165) is 17.4 Å². The average Bonchev–Trinajstić information content (AvgIpc) is 2.95. The number of pyridine rings is 1. The second kappa shape index (κ2) is 10.8. The van der Waals surface area contributed by atoms with Crippen LogP contribution in [0.5, 0.6) is 0 Å². The van der Waals surface area contributed by atoms with E-state index in [9.17, 15) is 17.9 Å². The third-order valence-corrected chi connectivity index (χ3v) is 6.01. The number of rotatable bonds is 7. The van der Waals surface area contributed by atoms with Gasteiger partial charge >= 0.3 is 0 Å². The lowest BCUT2D eigenvalue weighted by molar-refractivity contribution is 0.0694. The van der Waals surface area contributed by atoms with Crippen LogP contribution in [-0.4, -0.2) is 35.9 Å². The van der Waals surface area contributed by atoms with Gasteiger partial charge in [-0.2, -0.15) is 0 Å². The molecule has 3 N–H and O–H groups in total. The van der Waals surface area contributed by atoms with Crippen LogP contribution in [0, 0.1) is 0 Å². The van der Waals surface area contributed by atoms with Crippen molar-refractivity contribution in [3.05, 3.63) is 71.3 Å². The third-order valence-electron chi connectivity index (χ3n) is 4.88. The van der Waals surface area contributed by atoms with Crippen LogP contribution < -0.4 is 5.73 Å². The van der Waals surface area contributed by atoms with Crippen molar-refractivity contribution in [1.82, 2.24) is 9.55 Å². The Labute approximate surface area is 200 Å². The molecule has 0 atom stereocenters. The van der Waals surface area contributed by atoms with Gasteiger partial charge < -0.3 is 15.4 Å². The Morgan fingerprint density at radius 1 is 1.22 bits per heavy atom. The van der Waals surface area contributed by atoms with E-state index in [4.69, 9.17) is 5.73 Å². The summed E-state index contributed by atoms with van der Waals surface area (Å²) in [6, 6.07) is 10.2. The number of aromatic nitrogens is 2. The number of hydrogen-bond acceptors (Lipinski definition) is 5. The highest BCUT2D eigenvalue weighted by atomic mass is 35.5. The van der Waals surface area contributed by atoms with Gasteiger partial charge in [0.2, 0.25) is 0 Å². The molecule has 0 saturated heterocycles. The molecule has 0 radical (unpaired) electrons. The summed E-state index contributed by atoms with van der Waals surface area (Å²) in [4.78, 5) is 4.73. The maximum absolute atomic E-state index is 14.4. The summed E-state index contributed by atoms with van der Waals surface area (Å²) in [5.74, 6) is -0.396. The van der Waals surface area contributed by atoms with E-state index in [1.807, 2.05) is 6.07 Å². The predicted octanol–water partition coefficient (Wildman–Crippen LogP) is 3.91. The Balaban J connectivity index is 0.00000256. The molecule has 0 aliphatic heterocycles. The Kier molecular flexibility index (Phi) is 9.44. The Hall–Kier alpha value is -1.97. The lowest BCUT2D eigenvalue weighted by Crippen LogP contribution is -2.23. The lowest BCUT2D eigenvalue weighted by Gasteiger charge is -2.23. The minimum Gasteiger partial charge on any atom is -0.384 e. The molecule has 1 aromatic carbocycles. The molecule has 3 rings (SSSR count). The van der Waals surface area contributed by atoms with Crippen LogP contribution in [0.25, 0.3) is 11.0 Å². The molecule has 0 aliphatic carbocycles. The number of hydrogen-bond donors (Lipinski definition) is 2. The van der Waals surface area contributed by atoms with Crippen molar-refractivity contribution in [3.8, 4) is 0 Å². The molecular formula is C22H28Cl2FN3O3S. The second-order valence-electron chi connectivity index (χ2n) is 7.82. The van der Waals surface area contributed by atoms with E-state index in [2.05, 4.69) is 4.98 Å². The molecule has 0 saturated carbocycles. The van der Waals surface area contributed by atoms with E-state index < -0.39 is 21.3 Å². The smallest absolute Gasteiger partial charge is 0.175 e. The number of nitrogens with two attached hydrogens (primary N) is 1. The van der Waals surface area contributed by atoms with Gasteiger partial charge in [0.15, 0.2) is 9.84 Å². The number of sulfone groups is 1. The number of nitrogens with zero attached hydrogens (tertiary/aromatic N) is 2. The molecule has 176 valence electrons. The first kappa shape index (κ1) is 28.1. The summed E-state index contributed by atoms with van der Waals surface area (Å²) in [5, 5.41) is 10.9. The third kappa shape index (κ3) is 6.08. The van der Waals surface area contributed by atoms with Crippen LogP contribution in [0.15, 0.2) is 59.4 Å². The zero-order chi connectivity index (χ0) is 22.1. The maximum Gasteiger partial charge on any atom is 0.175 e. The summed E-state index contributed by atoms with van der Waals surface area (Å²) in [5.41, 5.74) is 7.74. The first-order valence-corrected chi connectivity index (χ1v) is 11.4. The monoisotopic (exact) mass is 503 g/mol. The molecule has 0 unspecified atom stereocenters. The molecule has 0 bridgehead atoms. The van der Waals surface area contributed by atoms with Crippen molar-refractivity contribution in [2.75, 3.05) is 12.8 Å². The molecule has 2 aromatic heterocycles. The molecule has 3 aromatic rings. The molecule has 0 amide bonds. The Morgan fingerprint density at radius 2 is 1.84 bits per heavy atom. The van der Waals surface area contributed by atoms with Gasteiger partial charge in [-0.1, -0.05) is 12.1 Å². The summed E-state index contributed by atoms with van der Waals surface area (Å²) in [6.07, 6.45) is 4.53. The van der Waals surface area contributed by atoms with E-state index in [-0.39, 0.29) is 42.8 Å². The summed E-state index contributed by atoms with van der Waals surface area (Å²) < 4.78 is 39.6. The fourth-order valence-corrected chi connectivity index (χ4v) is 4.31. The van der Waals surface area contributed by atoms with Gasteiger partial charge in [0.05, 0.1) is 33.8 Å². The van der Waals surface area contributed by atoms with Gasteiger partial charge in [-0.05, 0) is 49.8 Å². The minimum absolute atomic E-state index is 0. The van der Waals surface area contributed by atoms with Gasteiger partial charge in [0, 0.05) is 31.0 Å². The molecule has 2 heterocycles. The predicted molar refractivity (Wildman–Crippen MR) is 130 cm³/mol. The molecule has 0 fully saturated rings. The maximum atomic E-state index is 14.4. The zero-order valence-electron chi connectivity index (χ0n) is 18.1. The van der Waals surface area contributed by atoms with Gasteiger partial charge in [0.1, 0.15) is 5.83 Å². The Morgan fingerprint density at radius 3 is 2.38 bits per heavy atom. The fraction of sp³-hybridized carbons (Fsp3) is 0.318. The fourth-order valence-electron chi connectivity index (χ4n) is 3.68. The van der Waals surface area contributed by atoms with E-state index in [1.54, 1.807) is 54.9 Å². The first-order valence-electron chi connectivity index (χ1n) is 9.55. The standard InChI is InChI=1S/C22H26FN3O3S.2ClH/c1-22(2,27)21-18(13-15-6-8-17(9-7-15)30(3,28)29)20-19(5-4-12-25-20)26(21)14-16(23)10-11-24;;/h4-10,12,27H,11,13-14,24H2,1-3H3;2*1H/b16-10-;;. The van der Waals surface area contributed by atoms with Crippen LogP contribution in [0.1, 0.15) is 30.7 Å². The van der Waals surface area contributed by atoms with Crippen LogP contribution in [-0.2, 0) is 28.4 Å². The highest BCUT2D eigenvalue weighted by Crippen LogP contribution is 2.34. The highest BCUT2D eigenvalue weighted by molar-refractivity contribution is 7.90. The van der Waals surface area contributed by atoms with Crippen molar-refractivity contribution in [1.29, 1.82) is 0 Å². The van der Waals surface area contributed by atoms with Crippen LogP contribution >= 0.6 is 24.8 Å². The van der Waals surface area contributed by atoms with Crippen LogP contribution in [0.4, 0.5) is 4.39 Å². The van der Waals surface area contributed by atoms with Gasteiger partial charge in [-0.25, -0.2) is 12.8 Å². The second-order valence-corrected chi connectivity index (χ2v) is 9.84. The van der Waals surface area contributed by atoms with E-state index in [0.29, 0.717) is 23.1 Å². The number of allylic oxidation sites excluding steroid dienone is 1. The molecule has 0 spiro atoms. The summed E-state index contributed by atoms with van der Waals surface area (Å²) in [6.45, 7) is 3.32. The summed E-state index contributed by atoms with van der Waals surface area (Å²) in [7, 11) is -3.29. The lowest BCUT2D eigenvalue weighted by atomic mass is 9.96. The van der Waals surface area contributed by atoms with Crippen molar-refractivity contribution in [2.45, 2.75) is 37.3 Å². The average molecular weight is 504 g/mol. The van der Waals surface area contributed by atoms with Crippen molar-refractivity contribution >= 4 is 45.7 Å². The highest BCUT2D eigenvalue weighted by Gasteiger charge is 2.29. The molecule has 6 nitrogen and oxygen atoms in total. The largest absolute Gasteiger partial charge is 0.384 e. The number of aliphatic hydroxyl groups is 1. The quantitative estimate of drug-likeness (QED) is 0.509. The van der Waals surface area contributed by atoms with Crippen LogP contribution in [0.2, 0.25) is 0 Å². The topological polar surface area (TPSA) is 98.2 Å². The van der Waals surface area contributed by atoms with E-state index in [1.165, 1.54) is 6.08 Å². The van der Waals surface area contributed by atoms with Gasteiger partial charge in [0.25, 0.3) is 0 Å². The molecule has 32 heavy (non-hydrogen) atoms. The van der Waals surface area contributed by atoms with Crippen LogP contribution in [0.3, 0.4) is 0 Å².